The molecule has 0 aromatic heterocycles. The number of ether oxygens (including phenoxy) is 1. The van der Waals surface area contributed by atoms with E-state index in [1.54, 1.807) is 0 Å². The monoisotopic (exact) mass is 328 g/mol. The molecule has 0 amide bonds. The third-order valence-electron chi connectivity index (χ3n) is 3.87. The zero-order valence-corrected chi connectivity index (χ0v) is 14.2. The number of hydrogen-bond acceptors (Lipinski definition) is 1. The maximum absolute atomic E-state index is 13.6. The van der Waals surface area contributed by atoms with E-state index in [1.807, 2.05) is 12.1 Å². The van der Waals surface area contributed by atoms with Crippen molar-refractivity contribution < 1.29 is 13.5 Å². The van der Waals surface area contributed by atoms with Gasteiger partial charge >= 0.3 is 0 Å². The van der Waals surface area contributed by atoms with Gasteiger partial charge in [0.25, 0.3) is 0 Å². The summed E-state index contributed by atoms with van der Waals surface area (Å²) in [5, 5.41) is 0. The number of methoxy groups -OCH3 is 1. The first-order valence-electron chi connectivity index (χ1n) is 8.28. The van der Waals surface area contributed by atoms with Gasteiger partial charge in [-0.3, -0.25) is 0 Å². The second-order valence-electron chi connectivity index (χ2n) is 5.70. The van der Waals surface area contributed by atoms with E-state index in [2.05, 4.69) is 30.9 Å². The van der Waals surface area contributed by atoms with Gasteiger partial charge in [-0.1, -0.05) is 50.2 Å². The second kappa shape index (κ2) is 9.08. The van der Waals surface area contributed by atoms with Gasteiger partial charge in [-0.05, 0) is 42.7 Å². The summed E-state index contributed by atoms with van der Waals surface area (Å²) in [4.78, 5) is 0. The maximum Gasteiger partial charge on any atom is 0.201 e. The fraction of sp³-hybridized carbons (Fsp3) is 0.333. The van der Waals surface area contributed by atoms with E-state index in [0.29, 0.717) is 5.56 Å². The maximum atomic E-state index is 13.6. The Kier molecular flexibility index (Phi) is 6.81. The Labute approximate surface area is 142 Å². The molecule has 0 spiro atoms. The van der Waals surface area contributed by atoms with E-state index >= 15 is 0 Å². The van der Waals surface area contributed by atoms with E-state index in [4.69, 9.17) is 4.74 Å². The Morgan fingerprint density at radius 3 is 2.33 bits per heavy atom. The molecule has 3 heteroatoms. The lowest BCUT2D eigenvalue weighted by Gasteiger charge is -2.04. The molecule has 0 N–H and O–H groups in total. The zero-order valence-electron chi connectivity index (χ0n) is 14.2. The van der Waals surface area contributed by atoms with Crippen molar-refractivity contribution in [3.05, 3.63) is 64.7 Å². The van der Waals surface area contributed by atoms with Crippen molar-refractivity contribution in [2.75, 3.05) is 7.11 Å². The summed E-state index contributed by atoms with van der Waals surface area (Å²) in [6.45, 7) is 2.20. The highest BCUT2D eigenvalue weighted by molar-refractivity contribution is 5.50. The second-order valence-corrected chi connectivity index (χ2v) is 5.70. The van der Waals surface area contributed by atoms with Gasteiger partial charge in [0.05, 0.1) is 12.7 Å². The number of rotatable bonds is 6. The lowest BCUT2D eigenvalue weighted by Crippen LogP contribution is -1.95. The molecule has 0 radical (unpaired) electrons. The van der Waals surface area contributed by atoms with Gasteiger partial charge in [0.2, 0.25) is 5.82 Å². The summed E-state index contributed by atoms with van der Waals surface area (Å²) >= 11 is 0. The van der Waals surface area contributed by atoms with Crippen LogP contribution in [0.15, 0.2) is 36.4 Å². The first-order chi connectivity index (χ1) is 11.7. The van der Waals surface area contributed by atoms with Crippen molar-refractivity contribution in [1.29, 1.82) is 0 Å². The minimum absolute atomic E-state index is 0.157. The first kappa shape index (κ1) is 18.0. The quantitative estimate of drug-likeness (QED) is 0.503. The highest BCUT2D eigenvalue weighted by Crippen LogP contribution is 2.24. The molecule has 0 saturated carbocycles. The van der Waals surface area contributed by atoms with E-state index in [-0.39, 0.29) is 5.75 Å². The minimum Gasteiger partial charge on any atom is -0.492 e. The predicted molar refractivity (Wildman–Crippen MR) is 93.2 cm³/mol. The Hall–Kier alpha value is -2.34. The Bertz CT molecular complexity index is 724. The average Bonchev–Trinajstić information content (AvgIpc) is 2.61. The molecule has 2 rings (SSSR count). The molecule has 0 saturated heterocycles. The number of aryl methyl sites for hydroxylation is 1. The van der Waals surface area contributed by atoms with Gasteiger partial charge in [-0.15, -0.1) is 0 Å². The van der Waals surface area contributed by atoms with Crippen LogP contribution in [0.3, 0.4) is 0 Å². The van der Waals surface area contributed by atoms with Crippen LogP contribution in [0.2, 0.25) is 0 Å². The SMILES string of the molecule is CCCCCCc1ccc(C#Cc2ccc(F)c(F)c2OC)cc1. The summed E-state index contributed by atoms with van der Waals surface area (Å²) in [6, 6.07) is 10.5. The largest absolute Gasteiger partial charge is 0.492 e. The van der Waals surface area contributed by atoms with E-state index in [1.165, 1.54) is 44.4 Å². The van der Waals surface area contributed by atoms with E-state index in [9.17, 15) is 8.78 Å². The summed E-state index contributed by atoms with van der Waals surface area (Å²) in [5.41, 5.74) is 2.46. The Morgan fingerprint density at radius 1 is 0.917 bits per heavy atom. The molecular formula is C21H22F2O. The fourth-order valence-electron chi connectivity index (χ4n) is 2.48. The molecule has 1 nitrogen and oxygen atoms in total. The molecule has 2 aromatic rings. The fourth-order valence-corrected chi connectivity index (χ4v) is 2.48. The minimum atomic E-state index is -1.01. The molecule has 24 heavy (non-hydrogen) atoms. The molecule has 0 heterocycles. The normalized spacial score (nSPS) is 10.2. The molecule has 0 aliphatic rings. The smallest absolute Gasteiger partial charge is 0.201 e. The van der Waals surface area contributed by atoms with Crippen LogP contribution in [0.1, 0.15) is 49.3 Å². The van der Waals surface area contributed by atoms with Crippen molar-refractivity contribution in [3.63, 3.8) is 0 Å². The number of hydrogen-bond donors (Lipinski definition) is 0. The van der Waals surface area contributed by atoms with Crippen LogP contribution in [0, 0.1) is 23.5 Å². The van der Waals surface area contributed by atoms with Gasteiger partial charge < -0.3 is 4.74 Å². The van der Waals surface area contributed by atoms with E-state index < -0.39 is 11.6 Å². The zero-order chi connectivity index (χ0) is 17.4. The van der Waals surface area contributed by atoms with Crippen molar-refractivity contribution in [1.82, 2.24) is 0 Å². The molecule has 2 aromatic carbocycles. The van der Waals surface area contributed by atoms with Gasteiger partial charge in [0.1, 0.15) is 0 Å². The van der Waals surface area contributed by atoms with E-state index in [0.717, 1.165) is 18.1 Å². The van der Waals surface area contributed by atoms with Crippen molar-refractivity contribution in [2.45, 2.75) is 39.0 Å². The average molecular weight is 328 g/mol. The summed E-state index contributed by atoms with van der Waals surface area (Å²) in [6.07, 6.45) is 6.05. The van der Waals surface area contributed by atoms with Crippen LogP contribution in [0.25, 0.3) is 0 Å². The lowest BCUT2D eigenvalue weighted by atomic mass is 10.0. The number of halogens is 2. The third-order valence-corrected chi connectivity index (χ3v) is 3.87. The number of unbranched alkanes of at least 4 members (excludes halogenated alkanes) is 3. The molecule has 0 fully saturated rings. The molecule has 0 aliphatic heterocycles. The highest BCUT2D eigenvalue weighted by atomic mass is 19.2. The van der Waals surface area contributed by atoms with Gasteiger partial charge in [0.15, 0.2) is 11.6 Å². The van der Waals surface area contributed by atoms with Crippen molar-refractivity contribution in [2.24, 2.45) is 0 Å². The molecule has 0 atom stereocenters. The molecule has 126 valence electrons. The molecule has 0 aliphatic carbocycles. The summed E-state index contributed by atoms with van der Waals surface area (Å²) in [7, 11) is 1.30. The first-order valence-corrected chi connectivity index (χ1v) is 8.28. The molecule has 0 unspecified atom stereocenters. The number of benzene rings is 2. The van der Waals surface area contributed by atoms with Crippen LogP contribution in [-0.4, -0.2) is 7.11 Å². The Balaban J connectivity index is 2.07. The lowest BCUT2D eigenvalue weighted by molar-refractivity contribution is 0.370. The standard InChI is InChI=1S/C21H22F2O/c1-3-4-5-6-7-16-8-10-17(11-9-16)12-13-18-14-15-19(22)20(23)21(18)24-2/h8-11,14-15H,3-7H2,1-2H3. The van der Waals surface area contributed by atoms with Gasteiger partial charge in [-0.2, -0.15) is 4.39 Å². The van der Waals surface area contributed by atoms with Crippen LogP contribution in [-0.2, 0) is 6.42 Å². The van der Waals surface area contributed by atoms with Crippen LogP contribution < -0.4 is 4.74 Å². The van der Waals surface area contributed by atoms with Gasteiger partial charge in [-0.25, -0.2) is 4.39 Å². The molecule has 0 bridgehead atoms. The summed E-state index contributed by atoms with van der Waals surface area (Å²) in [5.74, 6) is 3.71. The van der Waals surface area contributed by atoms with Crippen LogP contribution >= 0.6 is 0 Å². The summed E-state index contributed by atoms with van der Waals surface area (Å²) < 4.78 is 31.8. The third kappa shape index (κ3) is 4.83. The van der Waals surface area contributed by atoms with Crippen molar-refractivity contribution >= 4 is 0 Å². The topological polar surface area (TPSA) is 9.23 Å². The van der Waals surface area contributed by atoms with Crippen LogP contribution in [0.4, 0.5) is 8.78 Å². The Morgan fingerprint density at radius 2 is 1.67 bits per heavy atom. The molecular weight excluding hydrogens is 306 g/mol. The van der Waals surface area contributed by atoms with Crippen LogP contribution in [0.5, 0.6) is 5.75 Å². The van der Waals surface area contributed by atoms with Gasteiger partial charge in [0, 0.05) is 5.56 Å². The van der Waals surface area contributed by atoms with Crippen molar-refractivity contribution in [3.8, 4) is 17.6 Å². The predicted octanol–water partition coefficient (Wildman–Crippen LogP) is 5.50. The highest BCUT2D eigenvalue weighted by Gasteiger charge is 2.12.